The van der Waals surface area contributed by atoms with E-state index in [2.05, 4.69) is 40.5 Å². The number of hydrogen-bond acceptors (Lipinski definition) is 3. The average molecular weight is 455 g/mol. The zero-order chi connectivity index (χ0) is 22.2. The highest BCUT2D eigenvalue weighted by Gasteiger charge is 2.40. The van der Waals surface area contributed by atoms with E-state index in [9.17, 15) is 4.79 Å². The summed E-state index contributed by atoms with van der Waals surface area (Å²) >= 11 is 6.02. The van der Waals surface area contributed by atoms with Gasteiger partial charge in [-0.25, -0.2) is 0 Å². The summed E-state index contributed by atoms with van der Waals surface area (Å²) < 4.78 is 6.02. The van der Waals surface area contributed by atoms with Crippen molar-refractivity contribution in [2.45, 2.75) is 57.9 Å². The molecule has 5 heteroatoms. The van der Waals surface area contributed by atoms with Gasteiger partial charge in [-0.1, -0.05) is 54.8 Å². The highest BCUT2D eigenvalue weighted by molar-refractivity contribution is 6.30. The van der Waals surface area contributed by atoms with Crippen molar-refractivity contribution in [1.29, 1.82) is 0 Å². The maximum atomic E-state index is 13.3. The molecule has 4 rings (SSSR count). The molecule has 1 fully saturated rings. The molecule has 4 nitrogen and oxygen atoms in total. The van der Waals surface area contributed by atoms with Crippen molar-refractivity contribution in [3.8, 4) is 5.75 Å². The summed E-state index contributed by atoms with van der Waals surface area (Å²) in [5, 5.41) is 4.01. The van der Waals surface area contributed by atoms with E-state index in [1.165, 1.54) is 11.1 Å². The van der Waals surface area contributed by atoms with Crippen molar-refractivity contribution in [1.82, 2.24) is 10.2 Å². The number of carbonyl (C=O) groups excluding carboxylic acids is 1. The maximum absolute atomic E-state index is 13.3. The summed E-state index contributed by atoms with van der Waals surface area (Å²) in [5.41, 5.74) is 2.36. The molecule has 2 aromatic rings. The second kappa shape index (κ2) is 11.2. The van der Waals surface area contributed by atoms with Crippen LogP contribution in [0, 0.1) is 5.41 Å². The van der Waals surface area contributed by atoms with Gasteiger partial charge < -0.3 is 10.1 Å². The number of fused-ring (bicyclic) bond motifs is 1. The number of rotatable bonds is 2. The number of para-hydroxylation sites is 1. The number of aryl methyl sites for hydroxylation is 1. The molecular weight excluding hydrogens is 420 g/mol. The molecule has 1 N–H and O–H groups in total. The number of likely N-dealkylation sites (tertiary alicyclic amines) is 1. The molecule has 2 aliphatic heterocycles. The van der Waals surface area contributed by atoms with Crippen molar-refractivity contribution in [2.75, 3.05) is 26.2 Å². The SMILES string of the molecule is O=C1NCCCOc2ccccc2CCCCCC12CCN(Cc1ccc(Cl)cc1)CC2. The van der Waals surface area contributed by atoms with Gasteiger partial charge in [0.1, 0.15) is 5.75 Å². The van der Waals surface area contributed by atoms with E-state index in [0.29, 0.717) is 13.2 Å². The Morgan fingerprint density at radius 3 is 2.53 bits per heavy atom. The molecule has 2 heterocycles. The Hall–Kier alpha value is -2.04. The summed E-state index contributed by atoms with van der Waals surface area (Å²) in [5.74, 6) is 1.25. The Bertz CT molecular complexity index is 875. The van der Waals surface area contributed by atoms with E-state index < -0.39 is 0 Å². The van der Waals surface area contributed by atoms with Gasteiger partial charge in [-0.2, -0.15) is 0 Å². The fourth-order valence-corrected chi connectivity index (χ4v) is 5.15. The van der Waals surface area contributed by atoms with Crippen molar-refractivity contribution in [3.05, 3.63) is 64.7 Å². The summed E-state index contributed by atoms with van der Waals surface area (Å²) in [6, 6.07) is 16.5. The molecule has 32 heavy (non-hydrogen) atoms. The highest BCUT2D eigenvalue weighted by atomic mass is 35.5. The third-order valence-electron chi connectivity index (χ3n) is 7.05. The summed E-state index contributed by atoms with van der Waals surface area (Å²) in [4.78, 5) is 15.7. The Morgan fingerprint density at radius 2 is 1.72 bits per heavy atom. The molecule has 172 valence electrons. The number of amides is 1. The monoisotopic (exact) mass is 454 g/mol. The Kier molecular flexibility index (Phi) is 8.10. The average Bonchev–Trinajstić information content (AvgIpc) is 2.81. The van der Waals surface area contributed by atoms with Gasteiger partial charge >= 0.3 is 0 Å². The van der Waals surface area contributed by atoms with Crippen LogP contribution in [-0.2, 0) is 17.8 Å². The van der Waals surface area contributed by atoms with Crippen molar-refractivity contribution in [3.63, 3.8) is 0 Å². The molecule has 1 spiro atoms. The van der Waals surface area contributed by atoms with Crippen LogP contribution < -0.4 is 10.1 Å². The van der Waals surface area contributed by atoms with Crippen molar-refractivity contribution < 1.29 is 9.53 Å². The normalized spacial score (nSPS) is 20.6. The summed E-state index contributed by atoms with van der Waals surface area (Å²) in [6.07, 6.45) is 8.14. The van der Waals surface area contributed by atoms with Crippen LogP contribution in [0.3, 0.4) is 0 Å². The Balaban J connectivity index is 1.35. The Morgan fingerprint density at radius 1 is 0.938 bits per heavy atom. The van der Waals surface area contributed by atoms with Gasteiger partial charge in [0, 0.05) is 18.1 Å². The van der Waals surface area contributed by atoms with Crippen molar-refractivity contribution in [2.24, 2.45) is 5.41 Å². The molecule has 0 unspecified atom stereocenters. The highest BCUT2D eigenvalue weighted by Crippen LogP contribution is 2.38. The van der Waals surface area contributed by atoms with Crippen LogP contribution in [0.5, 0.6) is 5.75 Å². The second-order valence-corrected chi connectivity index (χ2v) is 9.75. The first-order chi connectivity index (χ1) is 15.6. The molecule has 0 aliphatic carbocycles. The van der Waals surface area contributed by atoms with Gasteiger partial charge in [-0.3, -0.25) is 9.69 Å². The van der Waals surface area contributed by atoms with Gasteiger partial charge in [0.25, 0.3) is 0 Å². The minimum atomic E-state index is -0.223. The van der Waals surface area contributed by atoms with Gasteiger partial charge in [0.2, 0.25) is 5.91 Å². The smallest absolute Gasteiger partial charge is 0.226 e. The largest absolute Gasteiger partial charge is 0.493 e. The first kappa shape index (κ1) is 23.1. The lowest BCUT2D eigenvalue weighted by Gasteiger charge is -2.41. The molecular formula is C27H35ClN2O2. The van der Waals surface area contributed by atoms with E-state index in [4.69, 9.17) is 16.3 Å². The number of halogens is 1. The topological polar surface area (TPSA) is 41.6 Å². The third-order valence-corrected chi connectivity index (χ3v) is 7.30. The van der Waals surface area contributed by atoms with Crippen LogP contribution in [0.2, 0.25) is 5.02 Å². The molecule has 0 saturated carbocycles. The lowest BCUT2D eigenvalue weighted by Crippen LogP contribution is -2.49. The first-order valence-electron chi connectivity index (χ1n) is 12.1. The molecule has 1 saturated heterocycles. The van der Waals surface area contributed by atoms with Crippen LogP contribution >= 0.6 is 11.6 Å². The molecule has 2 aliphatic rings. The summed E-state index contributed by atoms with van der Waals surface area (Å²) in [7, 11) is 0. The van der Waals surface area contributed by atoms with Crippen LogP contribution in [0.4, 0.5) is 0 Å². The molecule has 0 bridgehead atoms. The molecule has 2 aromatic carbocycles. The predicted molar refractivity (Wildman–Crippen MR) is 130 cm³/mol. The van der Waals surface area contributed by atoms with E-state index in [0.717, 1.165) is 81.8 Å². The minimum Gasteiger partial charge on any atom is -0.493 e. The number of hydrogen-bond donors (Lipinski definition) is 1. The van der Waals surface area contributed by atoms with Gasteiger partial charge in [-0.15, -0.1) is 0 Å². The molecule has 0 radical (unpaired) electrons. The fourth-order valence-electron chi connectivity index (χ4n) is 5.03. The number of ether oxygens (including phenoxy) is 1. The van der Waals surface area contributed by atoms with E-state index >= 15 is 0 Å². The lowest BCUT2D eigenvalue weighted by atomic mass is 9.73. The standard InChI is InChI=1S/C27H35ClN2O2/c28-24-12-10-22(11-13-24)21-30-18-15-27(16-19-30)14-5-1-2-7-23-8-3-4-9-25(23)32-20-6-17-29-26(27)31/h3-4,8-13H,1-2,5-7,14-21H2,(H,29,31). The van der Waals surface area contributed by atoms with Crippen LogP contribution in [-0.4, -0.2) is 37.0 Å². The fraction of sp³-hybridized carbons (Fsp3) is 0.519. The van der Waals surface area contributed by atoms with Crippen LogP contribution in [0.25, 0.3) is 0 Å². The zero-order valence-corrected chi connectivity index (χ0v) is 19.7. The zero-order valence-electron chi connectivity index (χ0n) is 19.0. The molecule has 0 aromatic heterocycles. The minimum absolute atomic E-state index is 0.223. The van der Waals surface area contributed by atoms with Gasteiger partial charge in [-0.05, 0) is 80.9 Å². The van der Waals surface area contributed by atoms with Crippen LogP contribution in [0.1, 0.15) is 56.1 Å². The number of carbonyl (C=O) groups is 1. The van der Waals surface area contributed by atoms with Gasteiger partial charge in [0.05, 0.1) is 12.0 Å². The van der Waals surface area contributed by atoms with Crippen LogP contribution in [0.15, 0.2) is 48.5 Å². The summed E-state index contributed by atoms with van der Waals surface area (Å²) in [6.45, 7) is 4.17. The van der Waals surface area contributed by atoms with E-state index in [-0.39, 0.29) is 11.3 Å². The number of nitrogens with zero attached hydrogens (tertiary/aromatic N) is 1. The lowest BCUT2D eigenvalue weighted by molar-refractivity contribution is -0.134. The maximum Gasteiger partial charge on any atom is 0.226 e. The van der Waals surface area contributed by atoms with Crippen molar-refractivity contribution >= 4 is 17.5 Å². The van der Waals surface area contributed by atoms with Gasteiger partial charge in [0.15, 0.2) is 0 Å². The predicted octanol–water partition coefficient (Wildman–Crippen LogP) is 5.62. The third kappa shape index (κ3) is 6.05. The Labute approximate surface area is 197 Å². The second-order valence-electron chi connectivity index (χ2n) is 9.31. The van der Waals surface area contributed by atoms with E-state index in [1.54, 1.807) is 0 Å². The first-order valence-corrected chi connectivity index (χ1v) is 12.5. The molecule has 0 atom stereocenters. The quantitative estimate of drug-likeness (QED) is 0.639. The van der Waals surface area contributed by atoms with E-state index in [1.807, 2.05) is 18.2 Å². The number of piperidine rings is 1. The number of nitrogens with one attached hydrogen (secondary N) is 1. The molecule has 1 amide bonds. The number of benzene rings is 2.